The zero-order chi connectivity index (χ0) is 19.6. The molecule has 1 atom stereocenters. The molecule has 1 saturated heterocycles. The van der Waals surface area contributed by atoms with Gasteiger partial charge in [-0.15, -0.1) is 5.10 Å². The average Bonchev–Trinajstić information content (AvgIpc) is 3.28. The lowest BCUT2D eigenvalue weighted by Gasteiger charge is -2.34. The van der Waals surface area contributed by atoms with Crippen molar-refractivity contribution in [3.63, 3.8) is 0 Å². The third kappa shape index (κ3) is 3.67. The van der Waals surface area contributed by atoms with Crippen molar-refractivity contribution in [3.05, 3.63) is 40.4 Å². The molecule has 1 fully saturated rings. The minimum absolute atomic E-state index is 0.0315. The second-order valence-electron chi connectivity index (χ2n) is 6.75. The summed E-state index contributed by atoms with van der Waals surface area (Å²) in [5, 5.41) is 12.4. The Hall–Kier alpha value is -2.10. The highest BCUT2D eigenvalue weighted by molar-refractivity contribution is 6.31. The smallest absolute Gasteiger partial charge is 0.256 e. The number of hydrogen-bond acceptors (Lipinski definition) is 6. The van der Waals surface area contributed by atoms with Crippen molar-refractivity contribution >= 4 is 17.5 Å². The summed E-state index contributed by atoms with van der Waals surface area (Å²) in [4.78, 5) is 16.5. The number of aromatic nitrogens is 4. The third-order valence-electron chi connectivity index (χ3n) is 5.01. The van der Waals surface area contributed by atoms with Crippen LogP contribution in [-0.4, -0.2) is 76.8 Å². The maximum atomic E-state index is 14.1. The number of amides is 1. The Morgan fingerprint density at radius 2 is 2.22 bits per heavy atom. The molecule has 0 radical (unpaired) electrons. The van der Waals surface area contributed by atoms with E-state index >= 15 is 0 Å². The van der Waals surface area contributed by atoms with Crippen LogP contribution in [0.1, 0.15) is 22.6 Å². The largest absolute Gasteiger partial charge is 0.383 e. The molecule has 8 nitrogen and oxygen atoms in total. The summed E-state index contributed by atoms with van der Waals surface area (Å²) in [6, 6.07) is 3.99. The van der Waals surface area contributed by atoms with Crippen LogP contribution < -0.4 is 0 Å². The molecule has 1 aliphatic heterocycles. The standard InChI is InChI=1S/C17H22ClFN6O2/c1-23(2)17(16-20-21-22-25(16)8-9-27-3)6-7-24(11-17)15(26)13-10-12(18)4-5-14(13)19/h4-5,10H,6-9,11H2,1-3H3. The van der Waals surface area contributed by atoms with E-state index in [1.165, 1.54) is 18.2 Å². The molecule has 3 rings (SSSR count). The molecule has 0 spiro atoms. The second kappa shape index (κ2) is 7.87. The number of tetrazole rings is 1. The van der Waals surface area contributed by atoms with Crippen LogP contribution in [0.4, 0.5) is 4.39 Å². The van der Waals surface area contributed by atoms with Crippen LogP contribution in [0.3, 0.4) is 0 Å². The lowest BCUT2D eigenvalue weighted by atomic mass is 9.96. The number of likely N-dealkylation sites (tertiary alicyclic amines) is 1. The molecule has 10 heteroatoms. The zero-order valence-electron chi connectivity index (χ0n) is 15.5. The van der Waals surface area contributed by atoms with E-state index in [1.807, 2.05) is 19.0 Å². The molecule has 1 aliphatic rings. The molecule has 1 aromatic carbocycles. The van der Waals surface area contributed by atoms with Crippen molar-refractivity contribution in [2.45, 2.75) is 18.5 Å². The van der Waals surface area contributed by atoms with Crippen molar-refractivity contribution in [3.8, 4) is 0 Å². The Bertz CT molecular complexity index is 830. The number of ether oxygens (including phenoxy) is 1. The van der Waals surface area contributed by atoms with Crippen molar-refractivity contribution in [1.82, 2.24) is 30.0 Å². The number of rotatable bonds is 6. The molecule has 1 unspecified atom stereocenters. The molecule has 27 heavy (non-hydrogen) atoms. The summed E-state index contributed by atoms with van der Waals surface area (Å²) in [6.07, 6.45) is 0.626. The summed E-state index contributed by atoms with van der Waals surface area (Å²) in [7, 11) is 5.45. The van der Waals surface area contributed by atoms with Crippen molar-refractivity contribution in [2.75, 3.05) is 40.9 Å². The zero-order valence-corrected chi connectivity index (χ0v) is 16.3. The van der Waals surface area contributed by atoms with Crippen LogP contribution >= 0.6 is 11.6 Å². The summed E-state index contributed by atoms with van der Waals surface area (Å²) >= 11 is 5.94. The predicted molar refractivity (Wildman–Crippen MR) is 97.0 cm³/mol. The lowest BCUT2D eigenvalue weighted by Crippen LogP contribution is -2.47. The van der Waals surface area contributed by atoms with Gasteiger partial charge in [0.05, 0.1) is 18.7 Å². The quantitative estimate of drug-likeness (QED) is 0.735. The molecule has 0 bridgehead atoms. The number of benzene rings is 1. The van der Waals surface area contributed by atoms with Gasteiger partial charge in [-0.05, 0) is 49.1 Å². The fraction of sp³-hybridized carbons (Fsp3) is 0.529. The summed E-state index contributed by atoms with van der Waals surface area (Å²) in [6.45, 7) is 1.78. The van der Waals surface area contributed by atoms with Crippen LogP contribution in [0.25, 0.3) is 0 Å². The van der Waals surface area contributed by atoms with Crippen LogP contribution in [0, 0.1) is 5.82 Å². The van der Waals surface area contributed by atoms with Gasteiger partial charge in [-0.1, -0.05) is 11.6 Å². The highest BCUT2D eigenvalue weighted by Gasteiger charge is 2.47. The first-order chi connectivity index (χ1) is 12.9. The van der Waals surface area contributed by atoms with E-state index < -0.39 is 17.3 Å². The normalized spacial score (nSPS) is 19.9. The van der Waals surface area contributed by atoms with E-state index in [2.05, 4.69) is 15.5 Å². The Morgan fingerprint density at radius 1 is 1.44 bits per heavy atom. The fourth-order valence-corrected chi connectivity index (χ4v) is 3.58. The molecule has 0 N–H and O–H groups in total. The Kier molecular flexibility index (Phi) is 5.73. The van der Waals surface area contributed by atoms with E-state index in [0.29, 0.717) is 43.5 Å². The number of carbonyl (C=O) groups is 1. The van der Waals surface area contributed by atoms with Gasteiger partial charge in [-0.3, -0.25) is 9.69 Å². The van der Waals surface area contributed by atoms with Gasteiger partial charge in [0.25, 0.3) is 5.91 Å². The van der Waals surface area contributed by atoms with E-state index in [0.717, 1.165) is 0 Å². The maximum absolute atomic E-state index is 14.1. The third-order valence-corrected chi connectivity index (χ3v) is 5.24. The molecule has 0 aliphatic carbocycles. The van der Waals surface area contributed by atoms with Gasteiger partial charge in [0.2, 0.25) is 0 Å². The Labute approximate surface area is 161 Å². The van der Waals surface area contributed by atoms with Crippen LogP contribution in [0.2, 0.25) is 5.02 Å². The van der Waals surface area contributed by atoms with Crippen LogP contribution in [-0.2, 0) is 16.8 Å². The first-order valence-electron chi connectivity index (χ1n) is 8.56. The minimum Gasteiger partial charge on any atom is -0.383 e. The van der Waals surface area contributed by atoms with Crippen molar-refractivity contribution < 1.29 is 13.9 Å². The summed E-state index contributed by atoms with van der Waals surface area (Å²) in [5.74, 6) is -0.322. The molecule has 1 amide bonds. The second-order valence-corrected chi connectivity index (χ2v) is 7.18. The van der Waals surface area contributed by atoms with E-state index in [1.54, 1.807) is 16.7 Å². The molecular weight excluding hydrogens is 375 g/mol. The van der Waals surface area contributed by atoms with Crippen LogP contribution in [0.5, 0.6) is 0 Å². The number of likely N-dealkylation sites (N-methyl/N-ethyl adjacent to an activating group) is 1. The number of methoxy groups -OCH3 is 1. The van der Waals surface area contributed by atoms with Crippen molar-refractivity contribution in [1.29, 1.82) is 0 Å². The summed E-state index contributed by atoms with van der Waals surface area (Å²) < 4.78 is 20.9. The molecule has 146 valence electrons. The fourth-order valence-electron chi connectivity index (χ4n) is 3.41. The van der Waals surface area contributed by atoms with Gasteiger partial charge in [0, 0.05) is 25.2 Å². The molecular formula is C17H22ClFN6O2. The first-order valence-corrected chi connectivity index (χ1v) is 8.94. The topological polar surface area (TPSA) is 76.4 Å². The molecule has 2 aromatic rings. The monoisotopic (exact) mass is 396 g/mol. The highest BCUT2D eigenvalue weighted by atomic mass is 35.5. The number of halogens is 2. The van der Waals surface area contributed by atoms with Gasteiger partial charge in [0.1, 0.15) is 11.4 Å². The van der Waals surface area contributed by atoms with Gasteiger partial charge in [0.15, 0.2) is 5.82 Å². The Morgan fingerprint density at radius 3 is 2.93 bits per heavy atom. The van der Waals surface area contributed by atoms with E-state index in [9.17, 15) is 9.18 Å². The number of hydrogen-bond donors (Lipinski definition) is 0. The molecule has 2 heterocycles. The predicted octanol–water partition coefficient (Wildman–Crippen LogP) is 1.42. The lowest BCUT2D eigenvalue weighted by molar-refractivity contribution is 0.0732. The first kappa shape index (κ1) is 19.7. The summed E-state index contributed by atoms with van der Waals surface area (Å²) in [5.41, 5.74) is -0.599. The van der Waals surface area contributed by atoms with E-state index in [-0.39, 0.29) is 5.56 Å². The SMILES string of the molecule is COCCn1nnnc1C1(N(C)C)CCN(C(=O)c2cc(Cl)ccc2F)C1. The molecule has 0 saturated carbocycles. The van der Waals surface area contributed by atoms with Crippen LogP contribution in [0.15, 0.2) is 18.2 Å². The van der Waals surface area contributed by atoms with Gasteiger partial charge >= 0.3 is 0 Å². The number of carbonyl (C=O) groups excluding carboxylic acids is 1. The maximum Gasteiger partial charge on any atom is 0.256 e. The molecule has 1 aromatic heterocycles. The van der Waals surface area contributed by atoms with Crippen molar-refractivity contribution in [2.24, 2.45) is 0 Å². The van der Waals surface area contributed by atoms with Gasteiger partial charge in [-0.25, -0.2) is 9.07 Å². The highest BCUT2D eigenvalue weighted by Crippen LogP contribution is 2.36. The number of nitrogens with zero attached hydrogens (tertiary/aromatic N) is 6. The average molecular weight is 397 g/mol. The van der Waals surface area contributed by atoms with E-state index in [4.69, 9.17) is 16.3 Å². The van der Waals surface area contributed by atoms with Gasteiger partial charge < -0.3 is 9.64 Å². The minimum atomic E-state index is -0.586. The Balaban J connectivity index is 1.89. The van der Waals surface area contributed by atoms with Gasteiger partial charge in [-0.2, -0.15) is 0 Å².